The molecule has 0 atom stereocenters. The second kappa shape index (κ2) is 7.31. The normalized spacial score (nSPS) is 13.5. The molecule has 0 spiro atoms. The maximum Gasteiger partial charge on any atom is 1.00 e. The standard InChI is InChI=1S/C19H14N2O5S.Na/c20-13-6-4-11(5-7-13)10-21-18(22)15-3-1-2-12-8-14(27(24,25)26)9-16(17(12)15)19(21)23;/h1-9H,10,20H2,(H,24,25,26);/q;+1/p-1. The minimum absolute atomic E-state index is 0. The number of hydrogen-bond donors (Lipinski definition) is 1. The fraction of sp³-hybridized carbons (Fsp3) is 0.0526. The Morgan fingerprint density at radius 3 is 2.21 bits per heavy atom. The van der Waals surface area contributed by atoms with Crippen LogP contribution in [0.15, 0.2) is 59.5 Å². The van der Waals surface area contributed by atoms with Gasteiger partial charge >= 0.3 is 29.6 Å². The maximum atomic E-state index is 12.9. The number of benzene rings is 3. The Balaban J connectivity index is 0.00000225. The Hall–Kier alpha value is -2.23. The molecule has 0 aliphatic carbocycles. The minimum Gasteiger partial charge on any atom is -0.744 e. The van der Waals surface area contributed by atoms with Crippen LogP contribution in [-0.2, 0) is 16.7 Å². The van der Waals surface area contributed by atoms with Crippen LogP contribution in [0, 0.1) is 0 Å². The first-order chi connectivity index (χ1) is 12.8. The number of nitrogens with zero attached hydrogens (tertiary/aromatic N) is 1. The van der Waals surface area contributed by atoms with Crippen LogP contribution in [-0.4, -0.2) is 29.7 Å². The monoisotopic (exact) mass is 404 g/mol. The molecule has 4 rings (SSSR count). The molecule has 1 aliphatic rings. The van der Waals surface area contributed by atoms with E-state index in [9.17, 15) is 22.6 Å². The van der Waals surface area contributed by atoms with Gasteiger partial charge in [0.15, 0.2) is 0 Å². The first-order valence-electron chi connectivity index (χ1n) is 7.99. The summed E-state index contributed by atoms with van der Waals surface area (Å²) in [5.41, 5.74) is 7.20. The Morgan fingerprint density at radius 2 is 1.57 bits per heavy atom. The van der Waals surface area contributed by atoms with E-state index in [0.29, 0.717) is 22.0 Å². The van der Waals surface area contributed by atoms with Gasteiger partial charge in [-0.1, -0.05) is 24.3 Å². The van der Waals surface area contributed by atoms with Crippen LogP contribution in [0.5, 0.6) is 0 Å². The SMILES string of the molecule is Nc1ccc(CN2C(=O)c3cccc4cc(S(=O)(=O)[O-])cc(c34)C2=O)cc1.[Na+]. The molecule has 0 unspecified atom stereocenters. The van der Waals surface area contributed by atoms with Crippen molar-refractivity contribution < 1.29 is 52.1 Å². The number of anilines is 1. The number of rotatable bonds is 3. The van der Waals surface area contributed by atoms with Crippen molar-refractivity contribution >= 4 is 38.4 Å². The van der Waals surface area contributed by atoms with E-state index < -0.39 is 26.8 Å². The van der Waals surface area contributed by atoms with E-state index in [4.69, 9.17) is 5.73 Å². The van der Waals surface area contributed by atoms with Crippen molar-refractivity contribution in [2.75, 3.05) is 5.73 Å². The van der Waals surface area contributed by atoms with Crippen molar-refractivity contribution in [3.63, 3.8) is 0 Å². The molecule has 0 aromatic heterocycles. The number of nitrogens with two attached hydrogens (primary N) is 1. The summed E-state index contributed by atoms with van der Waals surface area (Å²) in [6.45, 7) is 0.00211. The van der Waals surface area contributed by atoms with Gasteiger partial charge in [-0.05, 0) is 41.3 Å². The summed E-state index contributed by atoms with van der Waals surface area (Å²) in [4.78, 5) is 26.3. The molecule has 9 heteroatoms. The zero-order valence-corrected chi connectivity index (χ0v) is 17.7. The predicted octanol–water partition coefficient (Wildman–Crippen LogP) is -0.874. The fourth-order valence-corrected chi connectivity index (χ4v) is 3.76. The number of imide groups is 1. The maximum absolute atomic E-state index is 12.9. The van der Waals surface area contributed by atoms with Gasteiger partial charge in [-0.2, -0.15) is 0 Å². The van der Waals surface area contributed by atoms with E-state index in [2.05, 4.69) is 0 Å². The van der Waals surface area contributed by atoms with Gasteiger partial charge in [-0.15, -0.1) is 0 Å². The molecule has 7 nitrogen and oxygen atoms in total. The smallest absolute Gasteiger partial charge is 0.744 e. The molecule has 3 aromatic carbocycles. The van der Waals surface area contributed by atoms with Crippen LogP contribution in [0.2, 0.25) is 0 Å². The van der Waals surface area contributed by atoms with E-state index >= 15 is 0 Å². The molecule has 0 fully saturated rings. The fourth-order valence-electron chi connectivity index (χ4n) is 3.22. The molecule has 0 radical (unpaired) electrons. The van der Waals surface area contributed by atoms with E-state index in [1.165, 1.54) is 6.07 Å². The third-order valence-electron chi connectivity index (χ3n) is 4.51. The van der Waals surface area contributed by atoms with Crippen molar-refractivity contribution in [2.45, 2.75) is 11.4 Å². The minimum atomic E-state index is -4.75. The zero-order chi connectivity index (χ0) is 19.3. The molecule has 136 valence electrons. The number of carbonyl (C=O) groups excluding carboxylic acids is 2. The topological polar surface area (TPSA) is 121 Å². The first-order valence-corrected chi connectivity index (χ1v) is 9.40. The summed E-state index contributed by atoms with van der Waals surface area (Å²) in [5.74, 6) is -1.13. The molecule has 3 aromatic rings. The van der Waals surface area contributed by atoms with Gasteiger partial charge in [0, 0.05) is 22.2 Å². The van der Waals surface area contributed by atoms with Crippen LogP contribution < -0.4 is 35.3 Å². The Morgan fingerprint density at radius 1 is 0.929 bits per heavy atom. The van der Waals surface area contributed by atoms with E-state index in [1.54, 1.807) is 42.5 Å². The Bertz CT molecular complexity index is 1220. The molecule has 0 saturated carbocycles. The largest absolute Gasteiger partial charge is 1.00 e. The average molecular weight is 404 g/mol. The molecule has 28 heavy (non-hydrogen) atoms. The number of hydrogen-bond acceptors (Lipinski definition) is 6. The van der Waals surface area contributed by atoms with E-state index in [1.807, 2.05) is 0 Å². The number of carbonyl (C=O) groups is 2. The van der Waals surface area contributed by atoms with E-state index in [-0.39, 0.29) is 47.2 Å². The van der Waals surface area contributed by atoms with Gasteiger partial charge in [-0.3, -0.25) is 14.5 Å². The molecule has 1 aliphatic heterocycles. The molecular formula is C19H13N2NaO5S. The summed E-state index contributed by atoms with van der Waals surface area (Å²) in [6, 6.07) is 13.7. The quantitative estimate of drug-likeness (QED) is 0.262. The summed E-state index contributed by atoms with van der Waals surface area (Å²) in [7, 11) is -4.75. The molecule has 0 saturated heterocycles. The summed E-state index contributed by atoms with van der Waals surface area (Å²) in [5, 5.41) is 0.710. The van der Waals surface area contributed by atoms with Crippen molar-refractivity contribution in [1.29, 1.82) is 0 Å². The van der Waals surface area contributed by atoms with Crippen molar-refractivity contribution in [2.24, 2.45) is 0 Å². The number of amides is 2. The van der Waals surface area contributed by atoms with Gasteiger partial charge < -0.3 is 10.3 Å². The molecule has 2 amide bonds. The van der Waals surface area contributed by atoms with Crippen molar-refractivity contribution in [1.82, 2.24) is 4.90 Å². The zero-order valence-electron chi connectivity index (χ0n) is 14.9. The second-order valence-electron chi connectivity index (χ2n) is 6.27. The van der Waals surface area contributed by atoms with Crippen LogP contribution in [0.4, 0.5) is 5.69 Å². The average Bonchev–Trinajstić information content (AvgIpc) is 2.63. The predicted molar refractivity (Wildman–Crippen MR) is 97.0 cm³/mol. The summed E-state index contributed by atoms with van der Waals surface area (Å²) >= 11 is 0. The van der Waals surface area contributed by atoms with E-state index in [0.717, 1.165) is 11.0 Å². The van der Waals surface area contributed by atoms with Crippen LogP contribution in [0.3, 0.4) is 0 Å². The molecular weight excluding hydrogens is 391 g/mol. The molecule has 1 heterocycles. The summed E-state index contributed by atoms with van der Waals surface area (Å²) < 4.78 is 34.4. The van der Waals surface area contributed by atoms with Crippen LogP contribution in [0.25, 0.3) is 10.8 Å². The summed E-state index contributed by atoms with van der Waals surface area (Å²) in [6.07, 6.45) is 0. The van der Waals surface area contributed by atoms with Crippen molar-refractivity contribution in [3.8, 4) is 0 Å². The Labute approximate surface area is 183 Å². The Kier molecular flexibility index (Phi) is 5.35. The molecule has 0 bridgehead atoms. The van der Waals surface area contributed by atoms with Crippen LogP contribution >= 0.6 is 0 Å². The number of nitrogen functional groups attached to an aromatic ring is 1. The van der Waals surface area contributed by atoms with Gasteiger partial charge in [0.25, 0.3) is 11.8 Å². The third kappa shape index (κ3) is 3.45. The van der Waals surface area contributed by atoms with Gasteiger partial charge in [0.2, 0.25) is 0 Å². The van der Waals surface area contributed by atoms with Gasteiger partial charge in [-0.25, -0.2) is 8.42 Å². The first kappa shape index (κ1) is 20.5. The molecule has 2 N–H and O–H groups in total. The van der Waals surface area contributed by atoms with Crippen molar-refractivity contribution in [3.05, 3.63) is 71.3 Å². The van der Waals surface area contributed by atoms with Gasteiger partial charge in [0.1, 0.15) is 10.1 Å². The van der Waals surface area contributed by atoms with Crippen LogP contribution in [0.1, 0.15) is 26.3 Å². The third-order valence-corrected chi connectivity index (χ3v) is 5.32. The van der Waals surface area contributed by atoms with Gasteiger partial charge in [0.05, 0.1) is 11.4 Å². The second-order valence-corrected chi connectivity index (χ2v) is 7.65.